The van der Waals surface area contributed by atoms with Gasteiger partial charge in [-0.2, -0.15) is 12.7 Å². The van der Waals surface area contributed by atoms with Crippen LogP contribution < -0.4 is 4.72 Å². The molecule has 3 N–H and O–H groups in total. The molecule has 6 unspecified atom stereocenters. The Morgan fingerprint density at radius 2 is 2.08 bits per heavy atom. The van der Waals surface area contributed by atoms with E-state index in [1.54, 1.807) is 0 Å². The molecule has 1 heterocycles. The van der Waals surface area contributed by atoms with Gasteiger partial charge in [0.05, 0.1) is 38.0 Å². The molecule has 0 radical (unpaired) electrons. The fourth-order valence-corrected chi connectivity index (χ4v) is 5.61. The minimum Gasteiger partial charge on any atom is -0.394 e. The summed E-state index contributed by atoms with van der Waals surface area (Å²) in [6.07, 6.45) is -0.738. The number of hydrogen-bond donors (Lipinski definition) is 3. The van der Waals surface area contributed by atoms with Crippen molar-refractivity contribution in [2.24, 2.45) is 11.8 Å². The van der Waals surface area contributed by atoms with Gasteiger partial charge in [0.15, 0.2) is 0 Å². The van der Waals surface area contributed by atoms with Gasteiger partial charge in [0, 0.05) is 0 Å². The van der Waals surface area contributed by atoms with Gasteiger partial charge in [0.1, 0.15) is 6.17 Å². The standard InChI is InChI=1S/C14H23FN2O6S/c15-13-10-6-9(23-4-3-18)2-1-8(10)5-11(19)14(13)17-7-12(20)16-24(17,21)22/h8-11,13-14,18-19H,1-7H2,(H,16,20). The van der Waals surface area contributed by atoms with E-state index in [9.17, 15) is 18.3 Å². The first-order chi connectivity index (χ1) is 11.3. The molecule has 1 aliphatic heterocycles. The molecule has 3 rings (SSSR count). The van der Waals surface area contributed by atoms with Crippen LogP contribution in [0.4, 0.5) is 4.39 Å². The largest absolute Gasteiger partial charge is 0.394 e. The van der Waals surface area contributed by atoms with Gasteiger partial charge in [-0.3, -0.25) is 4.79 Å². The average molecular weight is 366 g/mol. The molecule has 0 bridgehead atoms. The zero-order chi connectivity index (χ0) is 17.5. The van der Waals surface area contributed by atoms with Crippen LogP contribution in [0.15, 0.2) is 0 Å². The predicted octanol–water partition coefficient (Wildman–Crippen LogP) is -1.07. The highest BCUT2D eigenvalue weighted by Crippen LogP contribution is 2.44. The quantitative estimate of drug-likeness (QED) is 0.583. The zero-order valence-corrected chi connectivity index (χ0v) is 14.0. The predicted molar refractivity (Wildman–Crippen MR) is 80.7 cm³/mol. The first kappa shape index (κ1) is 18.0. The van der Waals surface area contributed by atoms with Gasteiger partial charge in [-0.25, -0.2) is 9.11 Å². The summed E-state index contributed by atoms with van der Waals surface area (Å²) in [5.74, 6) is -1.18. The maximum Gasteiger partial charge on any atom is 0.304 e. The number of ether oxygens (including phenoxy) is 1. The molecule has 8 nitrogen and oxygen atoms in total. The number of alkyl halides is 1. The molecular formula is C14H23FN2O6S. The number of fused-ring (bicyclic) bond motifs is 1. The van der Waals surface area contributed by atoms with Gasteiger partial charge in [-0.1, -0.05) is 0 Å². The summed E-state index contributed by atoms with van der Waals surface area (Å²) in [4.78, 5) is 11.4. The molecule has 2 saturated carbocycles. The summed E-state index contributed by atoms with van der Waals surface area (Å²) >= 11 is 0. The first-order valence-corrected chi connectivity index (χ1v) is 9.64. The number of rotatable bonds is 4. The Hall–Kier alpha value is -0.810. The third-order valence-electron chi connectivity index (χ3n) is 5.30. The van der Waals surface area contributed by atoms with E-state index in [4.69, 9.17) is 9.84 Å². The van der Waals surface area contributed by atoms with Crippen LogP contribution in [0, 0.1) is 11.8 Å². The van der Waals surface area contributed by atoms with Gasteiger partial charge in [0.25, 0.3) is 0 Å². The monoisotopic (exact) mass is 366 g/mol. The number of aliphatic hydroxyl groups excluding tert-OH is 2. The maximum absolute atomic E-state index is 15.1. The Balaban J connectivity index is 1.76. The van der Waals surface area contributed by atoms with Gasteiger partial charge < -0.3 is 14.9 Å². The van der Waals surface area contributed by atoms with Crippen LogP contribution in [0.5, 0.6) is 0 Å². The van der Waals surface area contributed by atoms with Gasteiger partial charge in [-0.05, 0) is 37.5 Å². The summed E-state index contributed by atoms with van der Waals surface area (Å²) < 4.78 is 47.2. The highest BCUT2D eigenvalue weighted by molar-refractivity contribution is 7.88. The van der Waals surface area contributed by atoms with Crippen molar-refractivity contribution < 1.29 is 32.6 Å². The molecule has 2 aliphatic carbocycles. The number of carbonyl (C=O) groups is 1. The highest BCUT2D eigenvalue weighted by atomic mass is 32.2. The zero-order valence-electron chi connectivity index (χ0n) is 13.2. The van der Waals surface area contributed by atoms with Crippen LogP contribution in [0.1, 0.15) is 25.7 Å². The lowest BCUT2D eigenvalue weighted by Gasteiger charge is -2.47. The van der Waals surface area contributed by atoms with E-state index >= 15 is 4.39 Å². The van der Waals surface area contributed by atoms with E-state index in [1.807, 2.05) is 4.72 Å². The van der Waals surface area contributed by atoms with Crippen LogP contribution >= 0.6 is 0 Å². The van der Waals surface area contributed by atoms with E-state index in [1.165, 1.54) is 0 Å². The van der Waals surface area contributed by atoms with Crippen molar-refractivity contribution in [1.82, 2.24) is 9.03 Å². The average Bonchev–Trinajstić information content (AvgIpc) is 2.78. The van der Waals surface area contributed by atoms with Crippen molar-refractivity contribution in [1.29, 1.82) is 0 Å². The second-order valence-corrected chi connectivity index (χ2v) is 8.39. The van der Waals surface area contributed by atoms with Crippen molar-refractivity contribution in [3.8, 4) is 0 Å². The molecule has 24 heavy (non-hydrogen) atoms. The number of aliphatic hydroxyl groups is 2. The van der Waals surface area contributed by atoms with E-state index in [-0.39, 0.29) is 25.2 Å². The van der Waals surface area contributed by atoms with Crippen LogP contribution in [0.3, 0.4) is 0 Å². The number of halogens is 1. The van der Waals surface area contributed by atoms with E-state index in [0.29, 0.717) is 19.3 Å². The second-order valence-electron chi connectivity index (χ2n) is 6.77. The summed E-state index contributed by atoms with van der Waals surface area (Å²) in [6, 6.07) is -1.26. The second kappa shape index (κ2) is 6.83. The molecular weight excluding hydrogens is 343 g/mol. The fraction of sp³-hybridized carbons (Fsp3) is 0.929. The van der Waals surface area contributed by atoms with Crippen LogP contribution in [-0.2, 0) is 19.7 Å². The Labute approximate surface area is 140 Å². The van der Waals surface area contributed by atoms with Crippen LogP contribution in [0.25, 0.3) is 0 Å². The minimum atomic E-state index is -4.10. The van der Waals surface area contributed by atoms with Crippen molar-refractivity contribution in [3.05, 3.63) is 0 Å². The fourth-order valence-electron chi connectivity index (χ4n) is 4.27. The first-order valence-electron chi connectivity index (χ1n) is 8.20. The summed E-state index contributed by atoms with van der Waals surface area (Å²) in [5, 5.41) is 19.2. The van der Waals surface area contributed by atoms with Gasteiger partial charge in [0.2, 0.25) is 5.91 Å². The molecule has 1 saturated heterocycles. The van der Waals surface area contributed by atoms with Crippen molar-refractivity contribution in [2.45, 2.75) is 50.1 Å². The summed E-state index contributed by atoms with van der Waals surface area (Å²) in [7, 11) is -4.10. The SMILES string of the molecule is O=C1CN(C2C(O)CC3CCC(OCCO)CC3C2F)S(=O)(=O)N1. The normalized spacial score (nSPS) is 42.5. The lowest BCUT2D eigenvalue weighted by molar-refractivity contribution is -0.120. The van der Waals surface area contributed by atoms with Crippen molar-refractivity contribution in [2.75, 3.05) is 19.8 Å². The van der Waals surface area contributed by atoms with Crippen LogP contribution in [-0.4, -0.2) is 73.0 Å². The topological polar surface area (TPSA) is 116 Å². The number of nitrogens with zero attached hydrogens (tertiary/aromatic N) is 1. The van der Waals surface area contributed by atoms with E-state index in [0.717, 1.165) is 10.7 Å². The molecule has 3 aliphatic rings. The lowest BCUT2D eigenvalue weighted by atomic mass is 9.66. The summed E-state index contributed by atoms with van der Waals surface area (Å²) in [6.45, 7) is -0.388. The lowest BCUT2D eigenvalue weighted by Crippen LogP contribution is -2.59. The van der Waals surface area contributed by atoms with Crippen molar-refractivity contribution in [3.63, 3.8) is 0 Å². The van der Waals surface area contributed by atoms with Crippen molar-refractivity contribution >= 4 is 16.1 Å². The molecule has 138 valence electrons. The minimum absolute atomic E-state index is 0.0332. The molecule has 6 atom stereocenters. The van der Waals surface area contributed by atoms with E-state index < -0.39 is 46.9 Å². The molecule has 0 spiro atoms. The van der Waals surface area contributed by atoms with Crippen LogP contribution in [0.2, 0.25) is 0 Å². The molecule has 3 fully saturated rings. The molecule has 0 aromatic heterocycles. The molecule has 0 aromatic rings. The number of hydrogen-bond acceptors (Lipinski definition) is 6. The number of nitrogens with one attached hydrogen (secondary N) is 1. The number of amides is 1. The Bertz CT molecular complexity index is 588. The third kappa shape index (κ3) is 3.30. The number of carbonyl (C=O) groups excluding carboxylic acids is 1. The smallest absolute Gasteiger partial charge is 0.304 e. The Morgan fingerprint density at radius 1 is 1.33 bits per heavy atom. The third-order valence-corrected chi connectivity index (χ3v) is 6.78. The molecule has 1 amide bonds. The Morgan fingerprint density at radius 3 is 2.71 bits per heavy atom. The maximum atomic E-state index is 15.1. The molecule has 0 aromatic carbocycles. The van der Waals surface area contributed by atoms with Gasteiger partial charge in [-0.15, -0.1) is 0 Å². The van der Waals surface area contributed by atoms with E-state index in [2.05, 4.69) is 0 Å². The summed E-state index contributed by atoms with van der Waals surface area (Å²) in [5.41, 5.74) is 0. The van der Waals surface area contributed by atoms with Gasteiger partial charge >= 0.3 is 10.2 Å². The molecule has 10 heteroatoms. The Kier molecular flexibility index (Phi) is 5.12. The highest BCUT2D eigenvalue weighted by Gasteiger charge is 2.53.